The largest absolute Gasteiger partial charge is 0.492 e. The highest BCUT2D eigenvalue weighted by atomic mass is 32.2. The zero-order valence-corrected chi connectivity index (χ0v) is 16.7. The molecule has 1 aromatic rings. The number of amides is 2. The van der Waals surface area contributed by atoms with Crippen LogP contribution in [0.2, 0.25) is 0 Å². The van der Waals surface area contributed by atoms with Crippen LogP contribution in [-0.4, -0.2) is 68.8 Å². The van der Waals surface area contributed by atoms with Crippen LogP contribution in [0.15, 0.2) is 29.2 Å². The third kappa shape index (κ3) is 3.37. The molecule has 1 spiro atoms. The monoisotopic (exact) mass is 407 g/mol. The third-order valence-corrected chi connectivity index (χ3v) is 7.90. The first-order valence-corrected chi connectivity index (χ1v) is 11.0. The van der Waals surface area contributed by atoms with E-state index in [2.05, 4.69) is 5.32 Å². The van der Waals surface area contributed by atoms with Crippen molar-refractivity contribution in [1.82, 2.24) is 14.5 Å². The molecule has 2 saturated heterocycles. The van der Waals surface area contributed by atoms with Crippen molar-refractivity contribution in [3.8, 4) is 5.75 Å². The Morgan fingerprint density at radius 2 is 1.96 bits per heavy atom. The molecule has 1 N–H and O–H groups in total. The van der Waals surface area contributed by atoms with Gasteiger partial charge in [-0.15, -0.1) is 0 Å². The Morgan fingerprint density at radius 1 is 1.25 bits per heavy atom. The summed E-state index contributed by atoms with van der Waals surface area (Å²) in [7, 11) is -2.02. The smallest absolute Gasteiger partial charge is 0.246 e. The van der Waals surface area contributed by atoms with Gasteiger partial charge >= 0.3 is 0 Å². The highest BCUT2D eigenvalue weighted by Crippen LogP contribution is 2.38. The number of nitrogens with one attached hydrogen (secondary N) is 1. The zero-order chi connectivity index (χ0) is 19.9. The van der Waals surface area contributed by atoms with Gasteiger partial charge in [0, 0.05) is 38.5 Å². The molecule has 3 heterocycles. The second-order valence-electron chi connectivity index (χ2n) is 7.98. The van der Waals surface area contributed by atoms with E-state index in [0.717, 1.165) is 0 Å². The lowest BCUT2D eigenvalue weighted by Crippen LogP contribution is -2.54. The number of nitrogens with zero attached hydrogens (tertiary/aromatic N) is 2. The summed E-state index contributed by atoms with van der Waals surface area (Å²) in [5, 5.41) is 2.73. The summed E-state index contributed by atoms with van der Waals surface area (Å²) >= 11 is 0. The lowest BCUT2D eigenvalue weighted by molar-refractivity contribution is -0.137. The minimum Gasteiger partial charge on any atom is -0.492 e. The minimum absolute atomic E-state index is 0.0428. The molecule has 3 aliphatic rings. The fourth-order valence-electron chi connectivity index (χ4n) is 4.31. The molecule has 0 unspecified atom stereocenters. The molecule has 0 aliphatic carbocycles. The fraction of sp³-hybridized carbons (Fsp3) is 0.579. The van der Waals surface area contributed by atoms with Crippen molar-refractivity contribution in [1.29, 1.82) is 0 Å². The van der Waals surface area contributed by atoms with Gasteiger partial charge in [0.05, 0.1) is 6.61 Å². The van der Waals surface area contributed by atoms with E-state index in [-0.39, 0.29) is 22.1 Å². The van der Waals surface area contributed by atoms with Gasteiger partial charge in [0.2, 0.25) is 21.8 Å². The molecule has 0 saturated carbocycles. The molecule has 2 amide bonds. The summed E-state index contributed by atoms with van der Waals surface area (Å²) in [6.07, 6.45) is 2.24. The molecule has 3 aliphatic heterocycles. The number of benzene rings is 1. The van der Waals surface area contributed by atoms with Crippen molar-refractivity contribution in [2.24, 2.45) is 5.41 Å². The van der Waals surface area contributed by atoms with Crippen molar-refractivity contribution < 1.29 is 22.7 Å². The molecule has 8 nitrogen and oxygen atoms in total. The van der Waals surface area contributed by atoms with Crippen LogP contribution in [0.5, 0.6) is 5.75 Å². The molecule has 1 atom stereocenters. The molecule has 0 aromatic heterocycles. The lowest BCUT2D eigenvalue weighted by atomic mass is 9.78. The van der Waals surface area contributed by atoms with Crippen molar-refractivity contribution in [2.45, 2.75) is 36.6 Å². The average molecular weight is 407 g/mol. The number of carbonyl (C=O) groups is 2. The van der Waals surface area contributed by atoms with Crippen molar-refractivity contribution in [2.75, 3.05) is 33.3 Å². The van der Waals surface area contributed by atoms with Crippen LogP contribution >= 0.6 is 0 Å². The van der Waals surface area contributed by atoms with Gasteiger partial charge in [-0.05, 0) is 31.4 Å². The Labute approximate surface area is 164 Å². The second kappa shape index (κ2) is 7.04. The van der Waals surface area contributed by atoms with E-state index in [1.807, 2.05) is 0 Å². The van der Waals surface area contributed by atoms with E-state index in [1.54, 1.807) is 36.2 Å². The molecule has 28 heavy (non-hydrogen) atoms. The first-order chi connectivity index (χ1) is 13.3. The Bertz CT molecular complexity index is 893. The molecule has 4 rings (SSSR count). The van der Waals surface area contributed by atoms with Gasteiger partial charge in [-0.2, -0.15) is 0 Å². The number of piperidine rings is 1. The Balaban J connectivity index is 1.50. The van der Waals surface area contributed by atoms with E-state index < -0.39 is 16.1 Å². The predicted octanol–water partition coefficient (Wildman–Crippen LogP) is 0.587. The van der Waals surface area contributed by atoms with E-state index in [0.29, 0.717) is 57.7 Å². The Morgan fingerprint density at radius 3 is 2.64 bits per heavy atom. The highest BCUT2D eigenvalue weighted by molar-refractivity contribution is 7.89. The molecule has 1 aromatic carbocycles. The van der Waals surface area contributed by atoms with Gasteiger partial charge in [0.25, 0.3) is 0 Å². The van der Waals surface area contributed by atoms with E-state index in [4.69, 9.17) is 4.74 Å². The molecule has 9 heteroatoms. The number of hydrogen-bond acceptors (Lipinski definition) is 5. The summed E-state index contributed by atoms with van der Waals surface area (Å²) in [5.41, 5.74) is -0.342. The third-order valence-electron chi connectivity index (χ3n) is 6.06. The highest BCUT2D eigenvalue weighted by Gasteiger charge is 2.43. The van der Waals surface area contributed by atoms with Gasteiger partial charge in [-0.25, -0.2) is 12.7 Å². The van der Waals surface area contributed by atoms with Crippen molar-refractivity contribution in [3.63, 3.8) is 0 Å². The molecular weight excluding hydrogens is 382 g/mol. The fourth-order valence-corrected chi connectivity index (χ4v) is 5.72. The van der Waals surface area contributed by atoms with Gasteiger partial charge in [0.15, 0.2) is 0 Å². The van der Waals surface area contributed by atoms with Crippen LogP contribution in [0.1, 0.15) is 25.7 Å². The summed E-state index contributed by atoms with van der Waals surface area (Å²) in [6, 6.07) is 6.28. The molecule has 152 valence electrons. The van der Waals surface area contributed by atoms with Gasteiger partial charge in [0.1, 0.15) is 16.7 Å². The summed E-state index contributed by atoms with van der Waals surface area (Å²) < 4.78 is 33.2. The van der Waals surface area contributed by atoms with Crippen LogP contribution in [0.3, 0.4) is 0 Å². The van der Waals surface area contributed by atoms with Gasteiger partial charge < -0.3 is 15.0 Å². The Hall–Kier alpha value is -2.13. The first-order valence-electron chi connectivity index (χ1n) is 9.57. The van der Waals surface area contributed by atoms with Crippen LogP contribution in [-0.2, 0) is 19.6 Å². The van der Waals surface area contributed by atoms with Crippen LogP contribution in [0.4, 0.5) is 0 Å². The minimum atomic E-state index is -3.62. The molecule has 0 radical (unpaired) electrons. The number of para-hydroxylation sites is 1. The van der Waals surface area contributed by atoms with Gasteiger partial charge in [-0.3, -0.25) is 9.59 Å². The number of sulfonamides is 1. The van der Waals surface area contributed by atoms with Crippen LogP contribution in [0, 0.1) is 5.41 Å². The SMILES string of the molecule is CN1CC2(CCN(C(=O)[C@H]3CCC(=O)N3)CC2)COc2ccccc2S1(=O)=O. The molecular formula is C19H25N3O5S. The van der Waals surface area contributed by atoms with E-state index in [9.17, 15) is 18.0 Å². The maximum atomic E-state index is 12.9. The van der Waals surface area contributed by atoms with Gasteiger partial charge in [-0.1, -0.05) is 12.1 Å². The Kier molecular flexibility index (Phi) is 4.83. The summed E-state index contributed by atoms with van der Waals surface area (Å²) in [4.78, 5) is 26.0. The number of hydrogen-bond donors (Lipinski definition) is 1. The average Bonchev–Trinajstić information content (AvgIpc) is 3.12. The number of fused-ring (bicyclic) bond motifs is 1. The lowest BCUT2D eigenvalue weighted by Gasteiger charge is -2.44. The normalized spacial score (nSPS) is 26.7. The second-order valence-corrected chi connectivity index (χ2v) is 9.99. The standard InChI is InChI=1S/C19H25N3O5S/c1-21-12-19(13-27-15-4-2-3-5-16(15)28(21,25)26)8-10-22(11-9-19)18(24)14-6-7-17(23)20-14/h2-5,14H,6-13H2,1H3,(H,20,23)/t14-/m1/s1. The number of likely N-dealkylation sites (tertiary alicyclic amines) is 1. The number of rotatable bonds is 1. The first kappa shape index (κ1) is 19.2. The topological polar surface area (TPSA) is 96.0 Å². The number of ether oxygens (including phenoxy) is 1. The molecule has 0 bridgehead atoms. The zero-order valence-electron chi connectivity index (χ0n) is 15.9. The maximum absolute atomic E-state index is 12.9. The van der Waals surface area contributed by atoms with Crippen LogP contribution < -0.4 is 10.1 Å². The van der Waals surface area contributed by atoms with E-state index >= 15 is 0 Å². The quantitative estimate of drug-likeness (QED) is 0.735. The summed E-state index contributed by atoms with van der Waals surface area (Å²) in [5.74, 6) is 0.255. The van der Waals surface area contributed by atoms with E-state index in [1.165, 1.54) is 4.31 Å². The predicted molar refractivity (Wildman–Crippen MR) is 101 cm³/mol. The maximum Gasteiger partial charge on any atom is 0.246 e. The van der Waals surface area contributed by atoms with Crippen LogP contribution in [0.25, 0.3) is 0 Å². The number of carbonyl (C=O) groups excluding carboxylic acids is 2. The molecule has 2 fully saturated rings. The summed E-state index contributed by atoms with van der Waals surface area (Å²) in [6.45, 7) is 1.83. The van der Waals surface area contributed by atoms with Crippen molar-refractivity contribution in [3.05, 3.63) is 24.3 Å². The van der Waals surface area contributed by atoms with Crippen molar-refractivity contribution >= 4 is 21.8 Å².